The van der Waals surface area contributed by atoms with Crippen molar-refractivity contribution in [1.29, 1.82) is 0 Å². The first kappa shape index (κ1) is 22.4. The summed E-state index contributed by atoms with van der Waals surface area (Å²) in [6.45, 7) is 6.69. The van der Waals surface area contributed by atoms with Crippen LogP contribution in [0.2, 0.25) is 0 Å². The molecule has 0 spiro atoms. The Bertz CT molecular complexity index is 394. The highest BCUT2D eigenvalue weighted by Gasteiger charge is 2.49. The van der Waals surface area contributed by atoms with Gasteiger partial charge in [0.1, 0.15) is 6.04 Å². The second kappa shape index (κ2) is 9.61. The van der Waals surface area contributed by atoms with Gasteiger partial charge in [0.25, 0.3) is 0 Å². The largest absolute Gasteiger partial charge is 0.469 e. The molecule has 0 saturated heterocycles. The van der Waals surface area contributed by atoms with Crippen LogP contribution in [-0.2, 0) is 20.5 Å². The third-order valence-electron chi connectivity index (χ3n) is 3.42. The molecular weight excluding hydrogens is 331 g/mol. The van der Waals surface area contributed by atoms with E-state index >= 15 is 0 Å². The summed E-state index contributed by atoms with van der Waals surface area (Å²) in [5.41, 5.74) is 0. The summed E-state index contributed by atoms with van der Waals surface area (Å²) in [6.07, 6.45) is -1.57. The highest BCUT2D eigenvalue weighted by molar-refractivity contribution is 7.84. The molecular formula is C15H28F3NO3S. The molecule has 0 radical (unpaired) electrons. The van der Waals surface area contributed by atoms with Crippen LogP contribution in [0.1, 0.15) is 59.8 Å². The van der Waals surface area contributed by atoms with Crippen LogP contribution < -0.4 is 4.72 Å². The first-order chi connectivity index (χ1) is 10.4. The maximum Gasteiger partial charge on any atom is 0.405 e. The zero-order valence-corrected chi connectivity index (χ0v) is 15.3. The molecule has 0 heterocycles. The Morgan fingerprint density at radius 1 is 1.17 bits per heavy atom. The van der Waals surface area contributed by atoms with Gasteiger partial charge in [-0.3, -0.25) is 4.79 Å². The zero-order chi connectivity index (χ0) is 18.3. The van der Waals surface area contributed by atoms with E-state index in [1.807, 2.05) is 6.92 Å². The van der Waals surface area contributed by atoms with Crippen molar-refractivity contribution < 1.29 is 26.9 Å². The summed E-state index contributed by atoms with van der Waals surface area (Å²) < 4.78 is 58.0. The molecule has 0 aromatic rings. The van der Waals surface area contributed by atoms with E-state index in [0.29, 0.717) is 6.42 Å². The summed E-state index contributed by atoms with van der Waals surface area (Å²) in [5.74, 6) is -2.33. The van der Waals surface area contributed by atoms with Crippen LogP contribution >= 0.6 is 0 Å². The molecule has 3 atom stereocenters. The number of nitrogens with one attached hydrogen (secondary N) is 1. The first-order valence-corrected chi connectivity index (χ1v) is 8.92. The molecule has 1 N–H and O–H groups in total. The van der Waals surface area contributed by atoms with Crippen LogP contribution in [-0.4, -0.2) is 34.3 Å². The van der Waals surface area contributed by atoms with Gasteiger partial charge in [-0.2, -0.15) is 13.2 Å². The third-order valence-corrected chi connectivity index (χ3v) is 5.00. The third kappa shape index (κ3) is 8.15. The van der Waals surface area contributed by atoms with Crippen molar-refractivity contribution in [3.05, 3.63) is 0 Å². The summed E-state index contributed by atoms with van der Waals surface area (Å²) in [4.78, 5) is 11.8. The van der Waals surface area contributed by atoms with Gasteiger partial charge >= 0.3 is 12.1 Å². The van der Waals surface area contributed by atoms with Gasteiger partial charge in [0, 0.05) is 0 Å². The van der Waals surface area contributed by atoms with E-state index in [2.05, 4.69) is 9.46 Å². The second-order valence-corrected chi connectivity index (χ2v) is 8.50. The van der Waals surface area contributed by atoms with Crippen molar-refractivity contribution in [2.45, 2.75) is 76.8 Å². The molecule has 0 aliphatic carbocycles. The lowest BCUT2D eigenvalue weighted by Gasteiger charge is -2.30. The van der Waals surface area contributed by atoms with Crippen molar-refractivity contribution in [1.82, 2.24) is 4.72 Å². The molecule has 0 amide bonds. The van der Waals surface area contributed by atoms with E-state index in [-0.39, 0.29) is 6.42 Å². The number of rotatable bonds is 9. The van der Waals surface area contributed by atoms with Gasteiger partial charge in [-0.1, -0.05) is 32.6 Å². The van der Waals surface area contributed by atoms with E-state index in [0.717, 1.165) is 26.4 Å². The van der Waals surface area contributed by atoms with Crippen LogP contribution in [0, 0.1) is 5.92 Å². The Morgan fingerprint density at radius 3 is 2.13 bits per heavy atom. The highest BCUT2D eigenvalue weighted by atomic mass is 32.2. The minimum absolute atomic E-state index is 0.0468. The van der Waals surface area contributed by atoms with Crippen molar-refractivity contribution in [3.8, 4) is 0 Å². The second-order valence-electron chi connectivity index (χ2n) is 6.50. The normalized spacial score (nSPS) is 16.7. The Balaban J connectivity index is 5.24. The van der Waals surface area contributed by atoms with Gasteiger partial charge in [0.05, 0.1) is 28.8 Å². The van der Waals surface area contributed by atoms with Crippen molar-refractivity contribution in [2.75, 3.05) is 7.11 Å². The fourth-order valence-electron chi connectivity index (χ4n) is 2.03. The number of carbonyl (C=O) groups is 1. The maximum atomic E-state index is 13.4. The summed E-state index contributed by atoms with van der Waals surface area (Å²) >= 11 is 0. The molecule has 0 unspecified atom stereocenters. The molecule has 0 aromatic carbocycles. The Labute approximate surface area is 139 Å². The van der Waals surface area contributed by atoms with Gasteiger partial charge in [-0.05, 0) is 27.2 Å². The van der Waals surface area contributed by atoms with Gasteiger partial charge in [0.15, 0.2) is 0 Å². The number of esters is 1. The fourth-order valence-corrected chi connectivity index (χ4v) is 2.91. The van der Waals surface area contributed by atoms with Crippen LogP contribution in [0.15, 0.2) is 0 Å². The maximum absolute atomic E-state index is 13.4. The molecule has 0 rings (SSSR count). The molecule has 0 saturated carbocycles. The number of unbranched alkanes of at least 4 members (excludes halogenated alkanes) is 3. The molecule has 0 aliphatic heterocycles. The number of carbonyl (C=O) groups excluding carboxylic acids is 1. The average Bonchev–Trinajstić information content (AvgIpc) is 2.42. The molecule has 0 fully saturated rings. The van der Waals surface area contributed by atoms with Gasteiger partial charge in [0.2, 0.25) is 0 Å². The number of hydrogen-bond acceptors (Lipinski definition) is 3. The molecule has 0 bridgehead atoms. The van der Waals surface area contributed by atoms with Crippen molar-refractivity contribution >= 4 is 17.0 Å². The molecule has 0 aliphatic rings. The Hall–Kier alpha value is -0.630. The predicted octanol–water partition coefficient (Wildman–Crippen LogP) is 3.73. The van der Waals surface area contributed by atoms with Gasteiger partial charge < -0.3 is 4.74 Å². The van der Waals surface area contributed by atoms with Gasteiger partial charge in [-0.15, -0.1) is 0 Å². The molecule has 23 heavy (non-hydrogen) atoms. The molecule has 138 valence electrons. The summed E-state index contributed by atoms with van der Waals surface area (Å²) in [6, 6.07) is -2.18. The van der Waals surface area contributed by atoms with Crippen LogP contribution in [0.4, 0.5) is 13.2 Å². The summed E-state index contributed by atoms with van der Waals surface area (Å²) in [7, 11) is -0.875. The monoisotopic (exact) mass is 359 g/mol. The van der Waals surface area contributed by atoms with E-state index < -0.39 is 39.8 Å². The predicted molar refractivity (Wildman–Crippen MR) is 85.1 cm³/mol. The minimum Gasteiger partial charge on any atom is -0.469 e. The highest BCUT2D eigenvalue weighted by Crippen LogP contribution is 2.31. The molecule has 0 aromatic heterocycles. The van der Waals surface area contributed by atoms with Crippen molar-refractivity contribution in [3.63, 3.8) is 0 Å². The van der Waals surface area contributed by atoms with Crippen LogP contribution in [0.5, 0.6) is 0 Å². The number of ether oxygens (including phenoxy) is 1. The SMILES string of the molecule is CCCCCC[C@H](C(=O)OC)[C@H](N[S@@](=O)C(C)(C)C)C(F)(F)F. The zero-order valence-electron chi connectivity index (χ0n) is 14.5. The van der Waals surface area contributed by atoms with E-state index in [4.69, 9.17) is 0 Å². The first-order valence-electron chi connectivity index (χ1n) is 7.77. The molecule has 8 heteroatoms. The minimum atomic E-state index is -4.69. The Morgan fingerprint density at radius 2 is 1.74 bits per heavy atom. The lowest BCUT2D eigenvalue weighted by molar-refractivity contribution is -0.178. The average molecular weight is 359 g/mol. The number of halogens is 3. The topological polar surface area (TPSA) is 55.4 Å². The van der Waals surface area contributed by atoms with E-state index in [1.54, 1.807) is 20.8 Å². The number of methoxy groups -OCH3 is 1. The van der Waals surface area contributed by atoms with E-state index in [1.165, 1.54) is 0 Å². The standard InChI is InChI=1S/C15H28F3NO3S/c1-6-7-8-9-10-11(13(20)22-5)12(15(16,17)18)19-23(21)14(2,3)4/h11-12,19H,6-10H2,1-5H3/t11-,12-,23-/m0/s1. The lowest BCUT2D eigenvalue weighted by Crippen LogP contribution is -2.53. The van der Waals surface area contributed by atoms with Crippen molar-refractivity contribution in [2.24, 2.45) is 5.92 Å². The lowest BCUT2D eigenvalue weighted by atomic mass is 9.93. The van der Waals surface area contributed by atoms with Crippen LogP contribution in [0.25, 0.3) is 0 Å². The molecule has 4 nitrogen and oxygen atoms in total. The smallest absolute Gasteiger partial charge is 0.405 e. The van der Waals surface area contributed by atoms with Gasteiger partial charge in [-0.25, -0.2) is 8.93 Å². The van der Waals surface area contributed by atoms with Crippen LogP contribution in [0.3, 0.4) is 0 Å². The quantitative estimate of drug-likeness (QED) is 0.504. The summed E-state index contributed by atoms with van der Waals surface area (Å²) in [5, 5.41) is 0. The Kier molecular flexibility index (Phi) is 9.35. The fraction of sp³-hybridized carbons (Fsp3) is 0.933. The van der Waals surface area contributed by atoms with E-state index in [9.17, 15) is 22.2 Å². The number of alkyl halides is 3. The number of hydrogen-bond donors (Lipinski definition) is 1.